The van der Waals surface area contributed by atoms with Gasteiger partial charge < -0.3 is 15.2 Å². The molecule has 3 rings (SSSR count). The van der Waals surface area contributed by atoms with Crippen molar-refractivity contribution in [2.45, 2.75) is 18.4 Å². The molecule has 2 aromatic carbocycles. The van der Waals surface area contributed by atoms with Crippen molar-refractivity contribution in [2.75, 3.05) is 13.7 Å². The third-order valence-electron chi connectivity index (χ3n) is 3.94. The third kappa shape index (κ3) is 2.92. The average molecular weight is 348 g/mol. The van der Waals surface area contributed by atoms with Crippen LogP contribution >= 0.6 is 15.9 Å². The fraction of sp³-hybridized carbons (Fsp3) is 0.294. The number of hydrogen-bond acceptors (Lipinski definition) is 3. The van der Waals surface area contributed by atoms with E-state index >= 15 is 0 Å². The lowest BCUT2D eigenvalue weighted by molar-refractivity contribution is 0.313. The summed E-state index contributed by atoms with van der Waals surface area (Å²) in [7, 11) is 1.66. The van der Waals surface area contributed by atoms with E-state index in [9.17, 15) is 0 Å². The molecule has 0 saturated carbocycles. The Bertz CT molecular complexity index is 644. The molecule has 0 amide bonds. The summed E-state index contributed by atoms with van der Waals surface area (Å²) >= 11 is 3.52. The maximum absolute atomic E-state index is 6.42. The minimum atomic E-state index is 0.0361. The van der Waals surface area contributed by atoms with E-state index in [4.69, 9.17) is 15.2 Å². The Hall–Kier alpha value is -1.52. The van der Waals surface area contributed by atoms with Gasteiger partial charge in [-0.25, -0.2) is 0 Å². The predicted molar refractivity (Wildman–Crippen MR) is 87.1 cm³/mol. The van der Waals surface area contributed by atoms with E-state index in [1.165, 1.54) is 11.1 Å². The van der Waals surface area contributed by atoms with Gasteiger partial charge in [0.25, 0.3) is 0 Å². The Morgan fingerprint density at radius 1 is 1.33 bits per heavy atom. The Balaban J connectivity index is 1.75. The number of fused-ring (bicyclic) bond motifs is 1. The van der Waals surface area contributed by atoms with Crippen LogP contribution in [0, 0.1) is 0 Å². The lowest BCUT2D eigenvalue weighted by Crippen LogP contribution is -2.31. The molecule has 2 unspecified atom stereocenters. The number of methoxy groups -OCH3 is 1. The number of rotatable bonds is 4. The van der Waals surface area contributed by atoms with Crippen molar-refractivity contribution in [2.24, 2.45) is 5.73 Å². The molecule has 2 atom stereocenters. The van der Waals surface area contributed by atoms with Gasteiger partial charge in [0.15, 0.2) is 0 Å². The average Bonchev–Trinajstić information content (AvgIpc) is 2.91. The molecule has 2 aromatic rings. The van der Waals surface area contributed by atoms with Crippen molar-refractivity contribution in [3.8, 4) is 11.5 Å². The van der Waals surface area contributed by atoms with Crippen LogP contribution in [-0.2, 0) is 6.42 Å². The predicted octanol–water partition coefficient (Wildman–Crippen LogP) is 3.50. The Morgan fingerprint density at radius 3 is 2.90 bits per heavy atom. The maximum Gasteiger partial charge on any atom is 0.133 e. The van der Waals surface area contributed by atoms with Gasteiger partial charge in [-0.2, -0.15) is 0 Å². The number of benzene rings is 2. The fourth-order valence-corrected chi connectivity index (χ4v) is 3.38. The molecule has 1 heterocycles. The molecule has 0 saturated heterocycles. The third-order valence-corrected chi connectivity index (χ3v) is 4.56. The number of para-hydroxylation sites is 1. The lowest BCUT2D eigenvalue weighted by Gasteiger charge is -2.18. The Morgan fingerprint density at radius 2 is 2.14 bits per heavy atom. The molecule has 3 nitrogen and oxygen atoms in total. The van der Waals surface area contributed by atoms with Gasteiger partial charge in [0.1, 0.15) is 11.5 Å². The van der Waals surface area contributed by atoms with E-state index in [1.807, 2.05) is 24.3 Å². The van der Waals surface area contributed by atoms with Crippen LogP contribution in [0.2, 0.25) is 0 Å². The van der Waals surface area contributed by atoms with E-state index in [0.29, 0.717) is 6.61 Å². The molecule has 0 spiro atoms. The van der Waals surface area contributed by atoms with Crippen LogP contribution in [0.5, 0.6) is 11.5 Å². The highest BCUT2D eigenvalue weighted by molar-refractivity contribution is 9.10. The van der Waals surface area contributed by atoms with Crippen molar-refractivity contribution >= 4 is 15.9 Å². The molecule has 4 heteroatoms. The summed E-state index contributed by atoms with van der Waals surface area (Å²) < 4.78 is 11.9. The monoisotopic (exact) mass is 347 g/mol. The van der Waals surface area contributed by atoms with E-state index in [0.717, 1.165) is 22.4 Å². The van der Waals surface area contributed by atoms with Crippen molar-refractivity contribution in [3.05, 3.63) is 58.1 Å². The summed E-state index contributed by atoms with van der Waals surface area (Å²) in [6, 6.07) is 14.3. The summed E-state index contributed by atoms with van der Waals surface area (Å²) in [5, 5.41) is 0. The van der Waals surface area contributed by atoms with Gasteiger partial charge in [-0.1, -0.05) is 24.3 Å². The van der Waals surface area contributed by atoms with Gasteiger partial charge in [0.2, 0.25) is 0 Å². The van der Waals surface area contributed by atoms with E-state index in [2.05, 4.69) is 34.1 Å². The minimum absolute atomic E-state index is 0.0361. The van der Waals surface area contributed by atoms with Gasteiger partial charge in [-0.05, 0) is 46.1 Å². The summed E-state index contributed by atoms with van der Waals surface area (Å²) in [5.41, 5.74) is 8.83. The van der Waals surface area contributed by atoms with Gasteiger partial charge >= 0.3 is 0 Å². The molecular weight excluding hydrogens is 330 g/mol. The molecule has 0 fully saturated rings. The number of hydrogen-bond donors (Lipinski definition) is 1. The van der Waals surface area contributed by atoms with Crippen molar-refractivity contribution in [1.29, 1.82) is 0 Å². The van der Waals surface area contributed by atoms with Gasteiger partial charge in [-0.15, -0.1) is 0 Å². The van der Waals surface area contributed by atoms with E-state index in [1.54, 1.807) is 7.11 Å². The number of nitrogens with two attached hydrogens (primary N) is 1. The van der Waals surface area contributed by atoms with E-state index < -0.39 is 0 Å². The van der Waals surface area contributed by atoms with Crippen LogP contribution in [0.15, 0.2) is 46.9 Å². The summed E-state index contributed by atoms with van der Waals surface area (Å²) in [4.78, 5) is 0. The van der Waals surface area contributed by atoms with Crippen LogP contribution in [-0.4, -0.2) is 19.8 Å². The van der Waals surface area contributed by atoms with Gasteiger partial charge in [0, 0.05) is 17.5 Å². The normalized spacial score (nSPS) is 18.0. The van der Waals surface area contributed by atoms with Crippen LogP contribution < -0.4 is 15.2 Å². The second kappa shape index (κ2) is 6.08. The Kier molecular flexibility index (Phi) is 4.17. The fourth-order valence-electron chi connectivity index (χ4n) is 2.79. The standard InChI is InChI=1S/C17H18BrNO2/c1-20-17-7-6-11(8-14(17)18)9-15(19)13-10-21-16-5-3-2-4-12(13)16/h2-8,13,15H,9-10,19H2,1H3. The highest BCUT2D eigenvalue weighted by Gasteiger charge is 2.29. The summed E-state index contributed by atoms with van der Waals surface area (Å²) in [6.07, 6.45) is 0.810. The first kappa shape index (κ1) is 14.4. The first-order chi connectivity index (χ1) is 10.2. The maximum atomic E-state index is 6.42. The summed E-state index contributed by atoms with van der Waals surface area (Å²) in [6.45, 7) is 0.665. The first-order valence-electron chi connectivity index (χ1n) is 6.98. The van der Waals surface area contributed by atoms with Crippen molar-refractivity contribution in [1.82, 2.24) is 0 Å². The highest BCUT2D eigenvalue weighted by Crippen LogP contribution is 2.36. The number of halogens is 1. The first-order valence-corrected chi connectivity index (χ1v) is 7.78. The Labute approximate surface area is 133 Å². The molecule has 1 aliphatic rings. The van der Waals surface area contributed by atoms with Crippen LogP contribution in [0.3, 0.4) is 0 Å². The topological polar surface area (TPSA) is 44.5 Å². The molecule has 0 bridgehead atoms. The zero-order valence-corrected chi connectivity index (χ0v) is 13.5. The molecule has 2 N–H and O–H groups in total. The lowest BCUT2D eigenvalue weighted by atomic mass is 9.90. The second-order valence-electron chi connectivity index (χ2n) is 5.29. The minimum Gasteiger partial charge on any atom is -0.496 e. The highest BCUT2D eigenvalue weighted by atomic mass is 79.9. The van der Waals surface area contributed by atoms with Crippen molar-refractivity contribution < 1.29 is 9.47 Å². The number of ether oxygens (including phenoxy) is 2. The quantitative estimate of drug-likeness (QED) is 0.920. The van der Waals surface area contributed by atoms with Gasteiger partial charge in [0.05, 0.1) is 18.2 Å². The molecular formula is C17H18BrNO2. The van der Waals surface area contributed by atoms with Crippen LogP contribution in [0.4, 0.5) is 0 Å². The smallest absolute Gasteiger partial charge is 0.133 e. The molecule has 0 aromatic heterocycles. The largest absolute Gasteiger partial charge is 0.496 e. The van der Waals surface area contributed by atoms with Crippen LogP contribution in [0.25, 0.3) is 0 Å². The second-order valence-corrected chi connectivity index (χ2v) is 6.15. The summed E-state index contributed by atoms with van der Waals surface area (Å²) in [5.74, 6) is 2.05. The SMILES string of the molecule is COc1ccc(CC(N)C2COc3ccccc32)cc1Br. The van der Waals surface area contributed by atoms with Crippen LogP contribution in [0.1, 0.15) is 17.0 Å². The molecule has 1 aliphatic heterocycles. The van der Waals surface area contributed by atoms with E-state index in [-0.39, 0.29) is 12.0 Å². The molecule has 0 radical (unpaired) electrons. The van der Waals surface area contributed by atoms with Gasteiger partial charge in [-0.3, -0.25) is 0 Å². The van der Waals surface area contributed by atoms with Crippen molar-refractivity contribution in [3.63, 3.8) is 0 Å². The molecule has 21 heavy (non-hydrogen) atoms. The zero-order chi connectivity index (χ0) is 14.8. The molecule has 110 valence electrons. The molecule has 0 aliphatic carbocycles. The zero-order valence-electron chi connectivity index (χ0n) is 11.9.